The smallest absolute Gasteiger partial charge is 0.409 e. The number of nitro groups is 1. The molecule has 1 fully saturated rings. The predicted molar refractivity (Wildman–Crippen MR) is 115 cm³/mol. The molecule has 4 rings (SSSR count). The number of ether oxygens (including phenoxy) is 2. The summed E-state index contributed by atoms with van der Waals surface area (Å²) in [4.78, 5) is 24.3. The van der Waals surface area contributed by atoms with E-state index in [9.17, 15) is 14.9 Å². The first-order valence-corrected chi connectivity index (χ1v) is 10.3. The van der Waals surface area contributed by atoms with Crippen molar-refractivity contribution < 1.29 is 23.7 Å². The Morgan fingerprint density at radius 1 is 1.19 bits per heavy atom. The summed E-state index contributed by atoms with van der Waals surface area (Å²) in [7, 11) is 1.36. The minimum absolute atomic E-state index is 0.00764. The molecule has 0 radical (unpaired) electrons. The van der Waals surface area contributed by atoms with E-state index in [1.165, 1.54) is 19.2 Å². The predicted octanol–water partition coefficient (Wildman–Crippen LogP) is 4.77. The average molecular weight is 437 g/mol. The zero-order valence-corrected chi connectivity index (χ0v) is 17.6. The average Bonchev–Trinajstić information content (AvgIpc) is 3.27. The highest BCUT2D eigenvalue weighted by atomic mass is 16.6. The number of likely N-dealkylation sites (tertiary alicyclic amines) is 1. The Morgan fingerprint density at radius 2 is 1.94 bits per heavy atom. The van der Waals surface area contributed by atoms with Gasteiger partial charge in [-0.1, -0.05) is 42.5 Å². The van der Waals surface area contributed by atoms with E-state index in [-0.39, 0.29) is 24.3 Å². The molecule has 1 aliphatic rings. The molecule has 9 heteroatoms. The second-order valence-electron chi connectivity index (χ2n) is 7.54. The number of amides is 1. The second kappa shape index (κ2) is 9.51. The molecular weight excluding hydrogens is 414 g/mol. The molecule has 0 spiro atoms. The van der Waals surface area contributed by atoms with Crippen LogP contribution in [-0.2, 0) is 11.3 Å². The van der Waals surface area contributed by atoms with Gasteiger partial charge in [0.1, 0.15) is 6.61 Å². The normalized spacial score (nSPS) is 14.2. The van der Waals surface area contributed by atoms with Gasteiger partial charge in [0.25, 0.3) is 11.6 Å². The first-order valence-electron chi connectivity index (χ1n) is 10.3. The van der Waals surface area contributed by atoms with E-state index < -0.39 is 4.92 Å². The summed E-state index contributed by atoms with van der Waals surface area (Å²) in [6.45, 7) is 1.33. The Bertz CT molecular complexity index is 1090. The van der Waals surface area contributed by atoms with Gasteiger partial charge < -0.3 is 18.9 Å². The third-order valence-electron chi connectivity index (χ3n) is 5.55. The summed E-state index contributed by atoms with van der Waals surface area (Å²) >= 11 is 0. The van der Waals surface area contributed by atoms with Crippen LogP contribution in [0.5, 0.6) is 5.88 Å². The number of methoxy groups -OCH3 is 1. The SMILES string of the molecule is COC(=O)N1CCC(c2onc(OCc3ccccc3)c2-c2cccc([N+](=O)[O-])c2)CC1. The van der Waals surface area contributed by atoms with E-state index >= 15 is 0 Å². The van der Waals surface area contributed by atoms with Crippen molar-refractivity contribution in [1.82, 2.24) is 10.1 Å². The van der Waals surface area contributed by atoms with Crippen molar-refractivity contribution in [2.24, 2.45) is 0 Å². The van der Waals surface area contributed by atoms with Crippen LogP contribution in [0.25, 0.3) is 11.1 Å². The van der Waals surface area contributed by atoms with Gasteiger partial charge in [-0.25, -0.2) is 4.79 Å². The van der Waals surface area contributed by atoms with Crippen LogP contribution in [0.15, 0.2) is 59.1 Å². The summed E-state index contributed by atoms with van der Waals surface area (Å²) < 4.78 is 16.5. The first kappa shape index (κ1) is 21.4. The maximum absolute atomic E-state index is 11.8. The maximum Gasteiger partial charge on any atom is 0.409 e. The highest BCUT2D eigenvalue weighted by molar-refractivity contribution is 5.73. The van der Waals surface area contributed by atoms with Crippen molar-refractivity contribution in [3.63, 3.8) is 0 Å². The van der Waals surface area contributed by atoms with Gasteiger partial charge in [0.15, 0.2) is 5.76 Å². The zero-order valence-electron chi connectivity index (χ0n) is 17.6. The van der Waals surface area contributed by atoms with Gasteiger partial charge >= 0.3 is 6.09 Å². The number of nitro benzene ring substituents is 1. The summed E-state index contributed by atoms with van der Waals surface area (Å²) in [5.74, 6) is 0.893. The van der Waals surface area contributed by atoms with E-state index in [2.05, 4.69) is 5.16 Å². The van der Waals surface area contributed by atoms with E-state index in [0.717, 1.165) is 5.56 Å². The fourth-order valence-corrected chi connectivity index (χ4v) is 3.88. The summed E-state index contributed by atoms with van der Waals surface area (Å²) in [5, 5.41) is 15.5. The number of aromatic nitrogens is 1. The number of carbonyl (C=O) groups excluding carboxylic acids is 1. The van der Waals surface area contributed by atoms with Crippen molar-refractivity contribution in [3.8, 4) is 17.0 Å². The number of rotatable bonds is 6. The largest absolute Gasteiger partial charge is 0.470 e. The molecule has 0 aliphatic carbocycles. The molecule has 1 amide bonds. The molecule has 9 nitrogen and oxygen atoms in total. The molecule has 2 heterocycles. The van der Waals surface area contributed by atoms with Crippen molar-refractivity contribution >= 4 is 11.8 Å². The third-order valence-corrected chi connectivity index (χ3v) is 5.55. The van der Waals surface area contributed by atoms with Gasteiger partial charge in [0.05, 0.1) is 17.6 Å². The van der Waals surface area contributed by atoms with E-state index in [1.807, 2.05) is 30.3 Å². The number of benzene rings is 2. The van der Waals surface area contributed by atoms with Crippen LogP contribution in [0.3, 0.4) is 0 Å². The van der Waals surface area contributed by atoms with Gasteiger partial charge in [0.2, 0.25) is 0 Å². The lowest BCUT2D eigenvalue weighted by molar-refractivity contribution is -0.384. The van der Waals surface area contributed by atoms with Crippen molar-refractivity contribution in [3.05, 3.63) is 76.0 Å². The molecule has 2 aromatic carbocycles. The minimum atomic E-state index is -0.434. The van der Waals surface area contributed by atoms with Crippen LogP contribution in [0.4, 0.5) is 10.5 Å². The molecule has 1 aliphatic heterocycles. The van der Waals surface area contributed by atoms with E-state index in [4.69, 9.17) is 14.0 Å². The van der Waals surface area contributed by atoms with Crippen molar-refractivity contribution in [1.29, 1.82) is 0 Å². The number of nitrogens with zero attached hydrogens (tertiary/aromatic N) is 3. The lowest BCUT2D eigenvalue weighted by atomic mass is 9.90. The fourth-order valence-electron chi connectivity index (χ4n) is 3.88. The number of non-ortho nitro benzene ring substituents is 1. The Kier molecular flexibility index (Phi) is 6.34. The quantitative estimate of drug-likeness (QED) is 0.403. The standard InChI is InChI=1S/C23H23N3O6/c1-30-23(27)25-12-10-17(11-13-25)21-20(18-8-5-9-19(14-18)26(28)29)22(24-32-21)31-15-16-6-3-2-4-7-16/h2-9,14,17H,10-13,15H2,1H3. The van der Waals surface area contributed by atoms with E-state index in [1.54, 1.807) is 17.0 Å². The van der Waals surface area contributed by atoms with Gasteiger partial charge in [-0.15, -0.1) is 0 Å². The molecule has 0 saturated carbocycles. The lowest BCUT2D eigenvalue weighted by Gasteiger charge is -2.30. The number of hydrogen-bond donors (Lipinski definition) is 0. The highest BCUT2D eigenvalue weighted by Gasteiger charge is 2.31. The van der Waals surface area contributed by atoms with Crippen LogP contribution in [0.2, 0.25) is 0 Å². The highest BCUT2D eigenvalue weighted by Crippen LogP contribution is 2.41. The Balaban J connectivity index is 1.64. The third kappa shape index (κ3) is 4.56. The summed E-state index contributed by atoms with van der Waals surface area (Å²) in [6, 6.07) is 16.0. The molecule has 1 aromatic heterocycles. The van der Waals surface area contributed by atoms with Crippen molar-refractivity contribution in [2.75, 3.05) is 20.2 Å². The molecule has 0 unspecified atom stereocenters. The first-order chi connectivity index (χ1) is 15.6. The lowest BCUT2D eigenvalue weighted by Crippen LogP contribution is -2.37. The number of piperidine rings is 1. The topological polar surface area (TPSA) is 108 Å². The van der Waals surface area contributed by atoms with Crippen LogP contribution >= 0.6 is 0 Å². The molecule has 0 atom stereocenters. The van der Waals surface area contributed by atoms with Crippen LogP contribution in [0.1, 0.15) is 30.1 Å². The molecule has 3 aromatic rings. The number of carbonyl (C=O) groups is 1. The van der Waals surface area contributed by atoms with Gasteiger partial charge in [-0.2, -0.15) is 0 Å². The Hall–Kier alpha value is -3.88. The van der Waals surface area contributed by atoms with Crippen LogP contribution in [-0.4, -0.2) is 41.3 Å². The summed E-state index contributed by atoms with van der Waals surface area (Å²) in [6.07, 6.45) is 0.959. The summed E-state index contributed by atoms with van der Waals surface area (Å²) in [5.41, 5.74) is 2.16. The van der Waals surface area contributed by atoms with Gasteiger partial charge in [0, 0.05) is 31.1 Å². The van der Waals surface area contributed by atoms with E-state index in [0.29, 0.717) is 48.7 Å². The second-order valence-corrected chi connectivity index (χ2v) is 7.54. The molecule has 0 N–H and O–H groups in total. The van der Waals surface area contributed by atoms with Crippen LogP contribution < -0.4 is 4.74 Å². The van der Waals surface area contributed by atoms with Gasteiger partial charge in [-0.05, 0) is 29.1 Å². The molecule has 32 heavy (non-hydrogen) atoms. The zero-order chi connectivity index (χ0) is 22.5. The number of hydrogen-bond acceptors (Lipinski definition) is 7. The van der Waals surface area contributed by atoms with Crippen molar-refractivity contribution in [2.45, 2.75) is 25.4 Å². The minimum Gasteiger partial charge on any atom is -0.470 e. The van der Waals surface area contributed by atoms with Gasteiger partial charge in [-0.3, -0.25) is 10.1 Å². The van der Waals surface area contributed by atoms with Crippen LogP contribution in [0, 0.1) is 10.1 Å². The Morgan fingerprint density at radius 3 is 2.62 bits per heavy atom. The Labute approximate surface area is 184 Å². The molecule has 0 bridgehead atoms. The molecule has 166 valence electrons. The monoisotopic (exact) mass is 437 g/mol. The fraction of sp³-hybridized carbons (Fsp3) is 0.304. The maximum atomic E-state index is 11.8. The molecular formula is C23H23N3O6. The molecule has 1 saturated heterocycles.